The first-order chi connectivity index (χ1) is 11.1. The van der Waals surface area contributed by atoms with Crippen molar-refractivity contribution in [3.05, 3.63) is 53.2 Å². The number of hydrogen-bond donors (Lipinski definition) is 3. The normalized spacial score (nSPS) is 16.6. The van der Waals surface area contributed by atoms with Gasteiger partial charge in [-0.2, -0.15) is 0 Å². The van der Waals surface area contributed by atoms with E-state index in [1.807, 2.05) is 6.92 Å². The van der Waals surface area contributed by atoms with Gasteiger partial charge in [0, 0.05) is 16.5 Å². The molecule has 1 amide bonds. The summed E-state index contributed by atoms with van der Waals surface area (Å²) in [6.45, 7) is 4.12. The molecule has 0 radical (unpaired) electrons. The topological polar surface area (TPSA) is 65.1 Å². The Kier molecular flexibility index (Phi) is 2.94. The molecule has 4 heteroatoms. The van der Waals surface area contributed by atoms with Crippen LogP contribution in [0.4, 0.5) is 0 Å². The molecular formula is C19H18N2O2. The monoisotopic (exact) mass is 306 g/mol. The number of carbonyl (C=O) groups excluding carboxylic acids is 1. The van der Waals surface area contributed by atoms with Gasteiger partial charge in [-0.1, -0.05) is 30.7 Å². The summed E-state index contributed by atoms with van der Waals surface area (Å²) in [7, 11) is 0. The van der Waals surface area contributed by atoms with E-state index in [9.17, 15) is 9.90 Å². The fourth-order valence-electron chi connectivity index (χ4n) is 3.45. The van der Waals surface area contributed by atoms with E-state index in [0.717, 1.165) is 39.6 Å². The fraction of sp³-hybridized carbons (Fsp3) is 0.211. The smallest absolute Gasteiger partial charge is 0.268 e. The molecule has 3 aromatic rings. The Morgan fingerprint density at radius 3 is 2.78 bits per heavy atom. The van der Waals surface area contributed by atoms with E-state index in [0.29, 0.717) is 5.69 Å². The molecular weight excluding hydrogens is 288 g/mol. The molecule has 0 fully saturated rings. The van der Waals surface area contributed by atoms with Gasteiger partial charge >= 0.3 is 0 Å². The molecule has 0 saturated heterocycles. The maximum absolute atomic E-state index is 12.7. The predicted molar refractivity (Wildman–Crippen MR) is 90.6 cm³/mol. The van der Waals surface area contributed by atoms with Gasteiger partial charge in [-0.15, -0.1) is 0 Å². The molecule has 116 valence electrons. The van der Waals surface area contributed by atoms with Crippen LogP contribution in [0.2, 0.25) is 0 Å². The summed E-state index contributed by atoms with van der Waals surface area (Å²) in [5.41, 5.74) is 5.62. The lowest BCUT2D eigenvalue weighted by Gasteiger charge is -2.17. The summed E-state index contributed by atoms with van der Waals surface area (Å²) < 4.78 is 0. The number of phenolic OH excluding ortho intramolecular Hbond substituents is 1. The number of fused-ring (bicyclic) bond motifs is 5. The predicted octanol–water partition coefficient (Wildman–Crippen LogP) is 4.04. The number of carbonyl (C=O) groups is 1. The van der Waals surface area contributed by atoms with Gasteiger partial charge in [-0.3, -0.25) is 4.79 Å². The van der Waals surface area contributed by atoms with E-state index >= 15 is 0 Å². The molecule has 0 spiro atoms. The van der Waals surface area contributed by atoms with Gasteiger partial charge < -0.3 is 15.4 Å². The van der Waals surface area contributed by atoms with Gasteiger partial charge in [-0.25, -0.2) is 0 Å². The van der Waals surface area contributed by atoms with Crippen LogP contribution >= 0.6 is 0 Å². The highest BCUT2D eigenvalue weighted by atomic mass is 16.3. The van der Waals surface area contributed by atoms with Gasteiger partial charge in [0.25, 0.3) is 5.91 Å². The number of benzene rings is 2. The lowest BCUT2D eigenvalue weighted by atomic mass is 9.92. The van der Waals surface area contributed by atoms with Crippen molar-refractivity contribution in [1.29, 1.82) is 0 Å². The lowest BCUT2D eigenvalue weighted by molar-refractivity contribution is 0.0933. The Morgan fingerprint density at radius 1 is 1.17 bits per heavy atom. The van der Waals surface area contributed by atoms with E-state index in [4.69, 9.17) is 0 Å². The number of aromatic amines is 1. The zero-order chi connectivity index (χ0) is 16.1. The third kappa shape index (κ3) is 2.02. The van der Waals surface area contributed by atoms with Gasteiger partial charge in [0.1, 0.15) is 11.4 Å². The third-order valence-corrected chi connectivity index (χ3v) is 4.58. The summed E-state index contributed by atoms with van der Waals surface area (Å²) >= 11 is 0. The van der Waals surface area contributed by atoms with Gasteiger partial charge in [0.2, 0.25) is 0 Å². The van der Waals surface area contributed by atoms with Crippen molar-refractivity contribution in [1.82, 2.24) is 10.3 Å². The largest absolute Gasteiger partial charge is 0.508 e. The minimum atomic E-state index is -0.101. The number of phenols is 1. The van der Waals surface area contributed by atoms with E-state index < -0.39 is 0 Å². The second-order valence-electron chi connectivity index (χ2n) is 6.13. The molecule has 0 saturated carbocycles. The van der Waals surface area contributed by atoms with Crippen molar-refractivity contribution in [2.75, 3.05) is 0 Å². The first kappa shape index (κ1) is 13.9. The minimum Gasteiger partial charge on any atom is -0.508 e. The maximum atomic E-state index is 12.7. The molecule has 1 atom stereocenters. The number of aryl methyl sites for hydroxylation is 1. The molecule has 2 aromatic carbocycles. The highest BCUT2D eigenvalue weighted by Gasteiger charge is 2.28. The molecule has 23 heavy (non-hydrogen) atoms. The van der Waals surface area contributed by atoms with Crippen molar-refractivity contribution in [2.24, 2.45) is 0 Å². The highest BCUT2D eigenvalue weighted by molar-refractivity contribution is 6.11. The molecule has 4 rings (SSSR count). The fourth-order valence-corrected chi connectivity index (χ4v) is 3.45. The van der Waals surface area contributed by atoms with Crippen molar-refractivity contribution in [2.45, 2.75) is 26.3 Å². The Bertz CT molecular complexity index is 940. The first-order valence-corrected chi connectivity index (χ1v) is 7.85. The summed E-state index contributed by atoms with van der Waals surface area (Å²) in [5, 5.41) is 13.8. The van der Waals surface area contributed by atoms with Crippen molar-refractivity contribution in [3.8, 4) is 16.9 Å². The Balaban J connectivity index is 2.13. The van der Waals surface area contributed by atoms with Crippen LogP contribution in [0.1, 0.15) is 41.0 Å². The van der Waals surface area contributed by atoms with Crippen LogP contribution in [0, 0.1) is 6.92 Å². The molecule has 0 bridgehead atoms. The zero-order valence-electron chi connectivity index (χ0n) is 13.1. The van der Waals surface area contributed by atoms with Crippen molar-refractivity contribution >= 4 is 16.8 Å². The summed E-state index contributed by atoms with van der Waals surface area (Å²) in [5.74, 6) is 0.0987. The number of H-pyrrole nitrogens is 1. The first-order valence-electron chi connectivity index (χ1n) is 7.85. The van der Waals surface area contributed by atoms with Crippen LogP contribution in [-0.2, 0) is 0 Å². The van der Waals surface area contributed by atoms with Crippen LogP contribution in [-0.4, -0.2) is 16.0 Å². The number of nitrogens with one attached hydrogen (secondary N) is 2. The number of aromatic nitrogens is 1. The average molecular weight is 306 g/mol. The van der Waals surface area contributed by atoms with Crippen LogP contribution in [0.25, 0.3) is 22.0 Å². The number of amides is 1. The van der Waals surface area contributed by atoms with E-state index in [-0.39, 0.29) is 17.7 Å². The molecule has 0 aliphatic carbocycles. The lowest BCUT2D eigenvalue weighted by Crippen LogP contribution is -2.27. The van der Waals surface area contributed by atoms with Gasteiger partial charge in [0.15, 0.2) is 0 Å². The SMILES string of the molecule is CCC1NC(=O)c2[nH]c3ccc(O)cc3c2-c2cc(C)ccc21. The summed E-state index contributed by atoms with van der Waals surface area (Å²) in [4.78, 5) is 15.9. The van der Waals surface area contributed by atoms with Crippen LogP contribution in [0.15, 0.2) is 36.4 Å². The van der Waals surface area contributed by atoms with E-state index in [1.54, 1.807) is 18.2 Å². The van der Waals surface area contributed by atoms with Crippen LogP contribution in [0.5, 0.6) is 5.75 Å². The van der Waals surface area contributed by atoms with Crippen molar-refractivity contribution < 1.29 is 9.90 Å². The molecule has 3 N–H and O–H groups in total. The summed E-state index contributed by atoms with van der Waals surface area (Å²) in [6.07, 6.45) is 0.829. The van der Waals surface area contributed by atoms with Crippen LogP contribution < -0.4 is 5.32 Å². The molecule has 1 aliphatic rings. The Hall–Kier alpha value is -2.75. The molecule has 2 heterocycles. The van der Waals surface area contributed by atoms with E-state index in [2.05, 4.69) is 35.4 Å². The third-order valence-electron chi connectivity index (χ3n) is 4.58. The van der Waals surface area contributed by atoms with E-state index in [1.165, 1.54) is 0 Å². The second kappa shape index (κ2) is 4.88. The minimum absolute atomic E-state index is 0.00809. The van der Waals surface area contributed by atoms with Gasteiger partial charge in [0.05, 0.1) is 6.04 Å². The summed E-state index contributed by atoms with van der Waals surface area (Å²) in [6, 6.07) is 11.4. The molecule has 4 nitrogen and oxygen atoms in total. The number of rotatable bonds is 1. The number of aromatic hydroxyl groups is 1. The Morgan fingerprint density at radius 2 is 2.00 bits per heavy atom. The van der Waals surface area contributed by atoms with Gasteiger partial charge in [-0.05, 0) is 42.7 Å². The second-order valence-corrected chi connectivity index (χ2v) is 6.13. The van der Waals surface area contributed by atoms with Crippen molar-refractivity contribution in [3.63, 3.8) is 0 Å². The zero-order valence-corrected chi connectivity index (χ0v) is 13.1. The maximum Gasteiger partial charge on any atom is 0.268 e. The average Bonchev–Trinajstić information content (AvgIpc) is 2.86. The van der Waals surface area contributed by atoms with Crippen LogP contribution in [0.3, 0.4) is 0 Å². The molecule has 1 unspecified atom stereocenters. The highest BCUT2D eigenvalue weighted by Crippen LogP contribution is 2.41. The molecule has 1 aliphatic heterocycles. The Labute approximate surface area is 134 Å². The standard InChI is InChI=1S/C19H18N2O2/c1-3-15-12-6-4-10(2)8-13(12)17-14-9-11(22)5-7-16(14)20-18(17)19(23)21-15/h4-9,15,20,22H,3H2,1-2H3,(H,21,23). The quantitative estimate of drug-likeness (QED) is 0.635. The number of hydrogen-bond acceptors (Lipinski definition) is 2. The molecule has 1 aromatic heterocycles.